The molecule has 0 aromatic carbocycles. The normalized spacial score (nSPS) is 37.5. The first-order valence-corrected chi connectivity index (χ1v) is 10.7. The first kappa shape index (κ1) is 20.5. The number of nitrogens with two attached hydrogens (primary N) is 1. The lowest BCUT2D eigenvalue weighted by Crippen LogP contribution is -2.35. The van der Waals surface area contributed by atoms with Gasteiger partial charge in [0.2, 0.25) is 5.91 Å². The number of hydrogen-bond acceptors (Lipinski definition) is 1. The van der Waals surface area contributed by atoms with Gasteiger partial charge in [-0.25, -0.2) is 0 Å². The van der Waals surface area contributed by atoms with Crippen LogP contribution in [0.4, 0.5) is 0 Å². The number of carbonyl (C=O) groups excluding carboxylic acids is 1. The zero-order chi connectivity index (χ0) is 18.7. The molecule has 6 unspecified atom stereocenters. The molecule has 2 aliphatic carbocycles. The predicted octanol–water partition coefficient (Wildman–Crippen LogP) is 5.81. The quantitative estimate of drug-likeness (QED) is 0.626. The van der Waals surface area contributed by atoms with Crippen LogP contribution in [0.3, 0.4) is 0 Å². The molecule has 0 radical (unpaired) electrons. The fraction of sp³-hybridized carbons (Fsp3) is 0.870. The smallest absolute Gasteiger partial charge is 0.244 e. The van der Waals surface area contributed by atoms with Crippen LogP contribution in [-0.2, 0) is 4.79 Å². The van der Waals surface area contributed by atoms with Gasteiger partial charge in [-0.15, -0.1) is 0 Å². The average Bonchev–Trinajstić information content (AvgIpc) is 2.51. The minimum absolute atomic E-state index is 0.162. The van der Waals surface area contributed by atoms with Gasteiger partial charge in [0.1, 0.15) is 0 Å². The van der Waals surface area contributed by atoms with Crippen LogP contribution in [0.1, 0.15) is 80.1 Å². The van der Waals surface area contributed by atoms with Crippen LogP contribution in [0.2, 0.25) is 0 Å². The fourth-order valence-corrected chi connectivity index (χ4v) is 5.65. The summed E-state index contributed by atoms with van der Waals surface area (Å²) in [5.74, 6) is 4.79. The third-order valence-electron chi connectivity index (χ3n) is 7.17. The van der Waals surface area contributed by atoms with Crippen molar-refractivity contribution in [2.24, 2.45) is 53.1 Å². The molecule has 2 nitrogen and oxygen atoms in total. The van der Waals surface area contributed by atoms with Crippen LogP contribution in [0.15, 0.2) is 11.6 Å². The summed E-state index contributed by atoms with van der Waals surface area (Å²) in [6.45, 7) is 14.0. The van der Waals surface area contributed by atoms with Crippen molar-refractivity contribution >= 4 is 5.91 Å². The topological polar surface area (TPSA) is 43.1 Å². The lowest BCUT2D eigenvalue weighted by molar-refractivity contribution is -0.115. The first-order chi connectivity index (χ1) is 11.7. The van der Waals surface area contributed by atoms with Crippen molar-refractivity contribution in [3.63, 3.8) is 0 Å². The van der Waals surface area contributed by atoms with E-state index in [1.54, 1.807) is 0 Å². The standard InChI is InChI=1S/C23H41NO/c1-14(2)19-9-7-16(5)11-18(19)13-22(23(24)25)21-12-17(6)8-10-20(21)15(3)4/h13-21H,7-12H2,1-6H3,(H2,24,25)/b22-13-. The van der Waals surface area contributed by atoms with Gasteiger partial charge in [0, 0.05) is 5.57 Å². The summed E-state index contributed by atoms with van der Waals surface area (Å²) in [6.07, 6.45) is 9.85. The molecule has 2 fully saturated rings. The molecule has 144 valence electrons. The summed E-state index contributed by atoms with van der Waals surface area (Å²) in [7, 11) is 0. The number of allylic oxidation sites excluding steroid dienone is 1. The third kappa shape index (κ3) is 5.11. The molecule has 25 heavy (non-hydrogen) atoms. The summed E-state index contributed by atoms with van der Waals surface area (Å²) >= 11 is 0. The van der Waals surface area contributed by atoms with Crippen molar-refractivity contribution in [2.45, 2.75) is 80.1 Å². The third-order valence-corrected chi connectivity index (χ3v) is 7.17. The van der Waals surface area contributed by atoms with Crippen LogP contribution < -0.4 is 5.73 Å². The molecule has 0 saturated heterocycles. The Morgan fingerprint density at radius 1 is 0.880 bits per heavy atom. The highest BCUT2D eigenvalue weighted by atomic mass is 16.1. The Morgan fingerprint density at radius 2 is 1.40 bits per heavy atom. The monoisotopic (exact) mass is 347 g/mol. The van der Waals surface area contributed by atoms with Crippen LogP contribution in [0.25, 0.3) is 0 Å². The lowest BCUT2D eigenvalue weighted by Gasteiger charge is -2.40. The lowest BCUT2D eigenvalue weighted by atomic mass is 9.65. The molecule has 0 spiro atoms. The van der Waals surface area contributed by atoms with E-state index in [1.807, 2.05) is 0 Å². The van der Waals surface area contributed by atoms with Gasteiger partial charge in [-0.3, -0.25) is 4.79 Å². The Labute approximate surface area is 156 Å². The summed E-state index contributed by atoms with van der Waals surface area (Å²) in [5.41, 5.74) is 6.91. The molecule has 6 atom stereocenters. The van der Waals surface area contributed by atoms with Crippen LogP contribution in [0.5, 0.6) is 0 Å². The molecule has 1 amide bonds. The highest BCUT2D eigenvalue weighted by Gasteiger charge is 2.37. The molecule has 0 aromatic rings. The summed E-state index contributed by atoms with van der Waals surface area (Å²) in [6, 6.07) is 0. The number of primary amides is 1. The summed E-state index contributed by atoms with van der Waals surface area (Å²) < 4.78 is 0. The zero-order valence-corrected chi connectivity index (χ0v) is 17.4. The van der Waals surface area contributed by atoms with Gasteiger partial charge in [-0.2, -0.15) is 0 Å². The van der Waals surface area contributed by atoms with Crippen molar-refractivity contribution < 1.29 is 4.79 Å². The Hall–Kier alpha value is -0.790. The van der Waals surface area contributed by atoms with Crippen molar-refractivity contribution in [3.8, 4) is 0 Å². The maximum atomic E-state index is 12.5. The molecular weight excluding hydrogens is 306 g/mol. The van der Waals surface area contributed by atoms with Gasteiger partial charge >= 0.3 is 0 Å². The highest BCUT2D eigenvalue weighted by Crippen LogP contribution is 2.44. The van der Waals surface area contributed by atoms with Crippen LogP contribution in [0, 0.1) is 47.3 Å². The minimum Gasteiger partial charge on any atom is -0.366 e. The minimum atomic E-state index is -0.162. The Morgan fingerprint density at radius 3 is 1.92 bits per heavy atom. The second kappa shape index (κ2) is 8.73. The fourth-order valence-electron chi connectivity index (χ4n) is 5.65. The Balaban J connectivity index is 2.33. The predicted molar refractivity (Wildman–Crippen MR) is 107 cm³/mol. The molecule has 2 rings (SSSR count). The van der Waals surface area contributed by atoms with Crippen LogP contribution >= 0.6 is 0 Å². The van der Waals surface area contributed by atoms with Crippen molar-refractivity contribution in [1.82, 2.24) is 0 Å². The molecule has 2 N–H and O–H groups in total. The number of rotatable bonds is 5. The SMILES string of the molecule is CC1CCC(C(C)C)C(/C=C(\C(N)=O)C2CC(C)CCC2C(C)C)C1. The maximum Gasteiger partial charge on any atom is 0.244 e. The van der Waals surface area contributed by atoms with E-state index in [2.05, 4.69) is 47.6 Å². The molecule has 2 saturated carbocycles. The molecule has 2 heteroatoms. The van der Waals surface area contributed by atoms with E-state index in [9.17, 15) is 4.79 Å². The highest BCUT2D eigenvalue weighted by molar-refractivity contribution is 5.92. The second-order valence-corrected chi connectivity index (χ2v) is 9.91. The van der Waals surface area contributed by atoms with Gasteiger partial charge < -0.3 is 5.73 Å². The van der Waals surface area contributed by atoms with Crippen LogP contribution in [-0.4, -0.2) is 5.91 Å². The van der Waals surface area contributed by atoms with Crippen molar-refractivity contribution in [3.05, 3.63) is 11.6 Å². The van der Waals surface area contributed by atoms with E-state index in [4.69, 9.17) is 5.73 Å². The Kier molecular flexibility index (Phi) is 7.17. The molecule has 2 aliphatic rings. The Bertz CT molecular complexity index is 478. The van der Waals surface area contributed by atoms with E-state index in [0.717, 1.165) is 17.9 Å². The average molecular weight is 348 g/mol. The van der Waals surface area contributed by atoms with E-state index < -0.39 is 0 Å². The molecule has 0 bridgehead atoms. The van der Waals surface area contributed by atoms with E-state index in [1.165, 1.54) is 32.1 Å². The number of hydrogen-bond donors (Lipinski definition) is 1. The van der Waals surface area contributed by atoms with Gasteiger partial charge in [-0.1, -0.05) is 60.5 Å². The van der Waals surface area contributed by atoms with Gasteiger partial charge in [-0.05, 0) is 73.0 Å². The van der Waals surface area contributed by atoms with E-state index >= 15 is 0 Å². The first-order valence-electron chi connectivity index (χ1n) is 10.7. The number of amides is 1. The summed E-state index contributed by atoms with van der Waals surface area (Å²) in [5, 5.41) is 0. The van der Waals surface area contributed by atoms with Crippen molar-refractivity contribution in [2.75, 3.05) is 0 Å². The maximum absolute atomic E-state index is 12.5. The molecule has 0 aliphatic heterocycles. The van der Waals surface area contributed by atoms with E-state index in [-0.39, 0.29) is 5.91 Å². The van der Waals surface area contributed by atoms with Gasteiger partial charge in [0.25, 0.3) is 0 Å². The molecular formula is C23H41NO. The van der Waals surface area contributed by atoms with E-state index in [0.29, 0.717) is 41.4 Å². The van der Waals surface area contributed by atoms with Gasteiger partial charge in [0.15, 0.2) is 0 Å². The zero-order valence-electron chi connectivity index (χ0n) is 17.4. The van der Waals surface area contributed by atoms with Crippen molar-refractivity contribution in [1.29, 1.82) is 0 Å². The number of carbonyl (C=O) groups is 1. The molecule has 0 heterocycles. The van der Waals surface area contributed by atoms with Gasteiger partial charge in [0.05, 0.1) is 0 Å². The largest absolute Gasteiger partial charge is 0.366 e. The summed E-state index contributed by atoms with van der Waals surface area (Å²) in [4.78, 5) is 12.5. The second-order valence-electron chi connectivity index (χ2n) is 9.91. The molecule has 0 aromatic heterocycles.